The molecule has 2 heterocycles. The highest BCUT2D eigenvalue weighted by molar-refractivity contribution is 6.05. The van der Waals surface area contributed by atoms with Crippen molar-refractivity contribution in [1.29, 1.82) is 0 Å². The third kappa shape index (κ3) is 3.32. The van der Waals surface area contributed by atoms with E-state index in [-0.39, 0.29) is 40.2 Å². The highest BCUT2D eigenvalue weighted by atomic mass is 16.3. The van der Waals surface area contributed by atoms with Crippen LogP contribution in [-0.4, -0.2) is 25.5 Å². The van der Waals surface area contributed by atoms with Crippen molar-refractivity contribution in [3.63, 3.8) is 0 Å². The van der Waals surface area contributed by atoms with Crippen LogP contribution in [0.2, 0.25) is 0 Å². The lowest BCUT2D eigenvalue weighted by atomic mass is 10.1. The Bertz CT molecular complexity index is 1320. The van der Waals surface area contributed by atoms with Crippen LogP contribution in [0.4, 0.5) is 0 Å². The van der Waals surface area contributed by atoms with Crippen molar-refractivity contribution in [2.24, 2.45) is 0 Å². The highest BCUT2D eigenvalue weighted by Crippen LogP contribution is 2.40. The van der Waals surface area contributed by atoms with Gasteiger partial charge in [-0.3, -0.25) is 19.1 Å². The molecule has 0 spiro atoms. The molecule has 0 radical (unpaired) electrons. The zero-order chi connectivity index (χ0) is 21.7. The van der Waals surface area contributed by atoms with E-state index in [9.17, 15) is 19.5 Å². The van der Waals surface area contributed by atoms with Gasteiger partial charge in [-0.15, -0.1) is 0 Å². The standard InChI is InChI=1S/C23H24N4O4/c1-2-10-27-20-19(22(30)26-23(27)31)15(11-17(24-20)12-6-7-12)21(29)25-16-9-8-14-13(16)4-3-5-18(14)28/h3-5,11-12,16,28H,2,6-10H2,1H3,(H,25,29)(H,26,30,31). The number of amides is 1. The fraction of sp³-hybridized carbons (Fsp3) is 0.391. The molecule has 3 N–H and O–H groups in total. The fourth-order valence-electron chi connectivity index (χ4n) is 4.51. The first-order chi connectivity index (χ1) is 15.0. The topological polar surface area (TPSA) is 117 Å². The zero-order valence-corrected chi connectivity index (χ0v) is 17.3. The Morgan fingerprint density at radius 1 is 1.29 bits per heavy atom. The number of phenolic OH excluding ortho intramolecular Hbond substituents is 1. The molecule has 31 heavy (non-hydrogen) atoms. The third-order valence-electron chi connectivity index (χ3n) is 6.21. The summed E-state index contributed by atoms with van der Waals surface area (Å²) in [6.45, 7) is 2.35. The zero-order valence-electron chi connectivity index (χ0n) is 17.3. The van der Waals surface area contributed by atoms with Gasteiger partial charge in [0, 0.05) is 18.2 Å². The molecule has 0 bridgehead atoms. The van der Waals surface area contributed by atoms with E-state index in [0.29, 0.717) is 25.8 Å². The molecule has 0 saturated heterocycles. The largest absolute Gasteiger partial charge is 0.508 e. The van der Waals surface area contributed by atoms with Gasteiger partial charge < -0.3 is 10.4 Å². The number of hydrogen-bond acceptors (Lipinski definition) is 5. The minimum absolute atomic E-state index is 0.143. The van der Waals surface area contributed by atoms with Crippen LogP contribution in [0.15, 0.2) is 33.9 Å². The summed E-state index contributed by atoms with van der Waals surface area (Å²) in [7, 11) is 0. The molecular weight excluding hydrogens is 396 g/mol. The SMILES string of the molecule is CCCn1c(=O)[nH]c(=O)c2c(C(=O)NC3CCc4c(O)cccc43)cc(C3CC3)nc21. The van der Waals surface area contributed by atoms with Crippen LogP contribution in [0.25, 0.3) is 11.0 Å². The van der Waals surface area contributed by atoms with E-state index < -0.39 is 11.2 Å². The molecule has 1 atom stereocenters. The predicted molar refractivity (Wildman–Crippen MR) is 116 cm³/mol. The molecule has 1 fully saturated rings. The second kappa shape index (κ2) is 7.37. The number of nitrogens with zero attached hydrogens (tertiary/aromatic N) is 2. The quantitative estimate of drug-likeness (QED) is 0.586. The van der Waals surface area contributed by atoms with Crippen molar-refractivity contribution >= 4 is 16.9 Å². The number of H-pyrrole nitrogens is 1. The molecule has 160 valence electrons. The molecule has 1 unspecified atom stereocenters. The number of aromatic nitrogens is 3. The number of benzene rings is 1. The summed E-state index contributed by atoms with van der Waals surface area (Å²) in [5, 5.41) is 13.3. The Balaban J connectivity index is 1.62. The molecule has 8 nitrogen and oxygen atoms in total. The van der Waals surface area contributed by atoms with Crippen molar-refractivity contribution in [3.05, 3.63) is 67.5 Å². The molecule has 8 heteroatoms. The first kappa shape index (κ1) is 19.5. The highest BCUT2D eigenvalue weighted by Gasteiger charge is 2.31. The van der Waals surface area contributed by atoms with Gasteiger partial charge in [0.05, 0.1) is 17.0 Å². The number of hydrogen-bond donors (Lipinski definition) is 3. The third-order valence-corrected chi connectivity index (χ3v) is 6.21. The van der Waals surface area contributed by atoms with Gasteiger partial charge in [0.15, 0.2) is 5.65 Å². The Hall–Kier alpha value is -3.42. The van der Waals surface area contributed by atoms with Gasteiger partial charge in [0.25, 0.3) is 11.5 Å². The maximum Gasteiger partial charge on any atom is 0.329 e. The van der Waals surface area contributed by atoms with Crippen LogP contribution in [0.1, 0.15) is 71.7 Å². The number of rotatable bonds is 5. The minimum Gasteiger partial charge on any atom is -0.508 e. The van der Waals surface area contributed by atoms with E-state index in [4.69, 9.17) is 0 Å². The average molecular weight is 420 g/mol. The van der Waals surface area contributed by atoms with Gasteiger partial charge >= 0.3 is 5.69 Å². The molecule has 2 aliphatic carbocycles. The molecule has 5 rings (SSSR count). The van der Waals surface area contributed by atoms with Gasteiger partial charge in [-0.2, -0.15) is 0 Å². The van der Waals surface area contributed by atoms with E-state index in [2.05, 4.69) is 15.3 Å². The molecular formula is C23H24N4O4. The molecule has 2 aromatic heterocycles. The van der Waals surface area contributed by atoms with E-state index in [0.717, 1.165) is 29.7 Å². The number of pyridine rings is 1. The number of aromatic hydroxyl groups is 1. The van der Waals surface area contributed by atoms with E-state index in [1.165, 1.54) is 4.57 Å². The second-order valence-corrected chi connectivity index (χ2v) is 8.39. The summed E-state index contributed by atoms with van der Waals surface area (Å²) >= 11 is 0. The van der Waals surface area contributed by atoms with Crippen LogP contribution in [-0.2, 0) is 13.0 Å². The van der Waals surface area contributed by atoms with Gasteiger partial charge in [-0.25, -0.2) is 9.78 Å². The number of carbonyl (C=O) groups is 1. The van der Waals surface area contributed by atoms with Crippen molar-refractivity contribution in [3.8, 4) is 5.75 Å². The van der Waals surface area contributed by atoms with Gasteiger partial charge in [-0.05, 0) is 55.4 Å². The summed E-state index contributed by atoms with van der Waals surface area (Å²) in [5.41, 5.74) is 1.90. The molecule has 2 aliphatic rings. The Morgan fingerprint density at radius 3 is 2.84 bits per heavy atom. The number of fused-ring (bicyclic) bond motifs is 2. The summed E-state index contributed by atoms with van der Waals surface area (Å²) < 4.78 is 1.45. The molecule has 1 aromatic carbocycles. The lowest BCUT2D eigenvalue weighted by Crippen LogP contribution is -2.34. The Morgan fingerprint density at radius 2 is 2.10 bits per heavy atom. The number of carbonyl (C=O) groups excluding carboxylic acids is 1. The van der Waals surface area contributed by atoms with Crippen molar-refractivity contribution in [1.82, 2.24) is 19.9 Å². The molecule has 1 amide bonds. The number of phenols is 1. The predicted octanol–water partition coefficient (Wildman–Crippen LogP) is 2.50. The lowest BCUT2D eigenvalue weighted by Gasteiger charge is -2.17. The summed E-state index contributed by atoms with van der Waals surface area (Å²) in [4.78, 5) is 45.5. The second-order valence-electron chi connectivity index (χ2n) is 8.39. The maximum atomic E-state index is 13.4. The summed E-state index contributed by atoms with van der Waals surface area (Å²) in [6.07, 6.45) is 4.01. The van der Waals surface area contributed by atoms with Gasteiger partial charge in [-0.1, -0.05) is 19.1 Å². The normalized spacial score (nSPS) is 17.6. The summed E-state index contributed by atoms with van der Waals surface area (Å²) in [5.74, 6) is 0.118. The van der Waals surface area contributed by atoms with Crippen LogP contribution in [0.3, 0.4) is 0 Å². The van der Waals surface area contributed by atoms with Gasteiger partial charge in [0.1, 0.15) is 5.75 Å². The van der Waals surface area contributed by atoms with Crippen LogP contribution in [0, 0.1) is 0 Å². The van der Waals surface area contributed by atoms with Crippen LogP contribution in [0.5, 0.6) is 5.75 Å². The minimum atomic E-state index is -0.600. The molecule has 3 aromatic rings. The van der Waals surface area contributed by atoms with Gasteiger partial charge in [0.2, 0.25) is 0 Å². The van der Waals surface area contributed by atoms with Crippen molar-refractivity contribution in [2.45, 2.75) is 57.5 Å². The average Bonchev–Trinajstić information content (AvgIpc) is 3.52. The number of nitrogens with one attached hydrogen (secondary N) is 2. The Kier molecular flexibility index (Phi) is 4.64. The first-order valence-corrected chi connectivity index (χ1v) is 10.8. The first-order valence-electron chi connectivity index (χ1n) is 10.8. The van der Waals surface area contributed by atoms with Crippen LogP contribution >= 0.6 is 0 Å². The van der Waals surface area contributed by atoms with Crippen molar-refractivity contribution in [2.75, 3.05) is 0 Å². The van der Waals surface area contributed by atoms with Crippen LogP contribution < -0.4 is 16.6 Å². The maximum absolute atomic E-state index is 13.4. The fourth-order valence-corrected chi connectivity index (χ4v) is 4.51. The smallest absolute Gasteiger partial charge is 0.329 e. The molecule has 1 saturated carbocycles. The Labute approximate surface area is 178 Å². The monoisotopic (exact) mass is 420 g/mol. The van der Waals surface area contributed by atoms with E-state index in [1.54, 1.807) is 18.2 Å². The van der Waals surface area contributed by atoms with E-state index in [1.807, 2.05) is 13.0 Å². The number of aromatic amines is 1. The molecule has 0 aliphatic heterocycles. The van der Waals surface area contributed by atoms with Crippen molar-refractivity contribution < 1.29 is 9.90 Å². The van der Waals surface area contributed by atoms with E-state index >= 15 is 0 Å². The lowest BCUT2D eigenvalue weighted by molar-refractivity contribution is 0.0938. The number of aryl methyl sites for hydroxylation is 1. The summed E-state index contributed by atoms with van der Waals surface area (Å²) in [6, 6.07) is 6.76.